The first-order chi connectivity index (χ1) is 12.0. The molecule has 0 aliphatic heterocycles. The molecule has 128 valence electrons. The largest absolute Gasteiger partial charge is 0.362 e. The van der Waals surface area contributed by atoms with Crippen LogP contribution in [0.4, 0.5) is 5.69 Å². The Bertz CT molecular complexity index is 967. The zero-order chi connectivity index (χ0) is 17.8. The fraction of sp³-hybridized carbons (Fsp3) is 0.158. The van der Waals surface area contributed by atoms with Crippen molar-refractivity contribution in [1.29, 1.82) is 0 Å². The lowest BCUT2D eigenvalue weighted by Gasteiger charge is -2.10. The van der Waals surface area contributed by atoms with Gasteiger partial charge >= 0.3 is 0 Å². The van der Waals surface area contributed by atoms with E-state index in [0.29, 0.717) is 18.1 Å². The smallest absolute Gasteiger partial charge is 0.251 e. The molecule has 3 aromatic rings. The quantitative estimate of drug-likeness (QED) is 0.560. The monoisotopic (exact) mass is 415 g/mol. The molecule has 0 unspecified atom stereocenters. The number of rotatable bonds is 4. The summed E-state index contributed by atoms with van der Waals surface area (Å²) in [7, 11) is 0. The molecule has 0 atom stereocenters. The Hall–Kier alpha value is -2.18. The van der Waals surface area contributed by atoms with Gasteiger partial charge in [0.05, 0.1) is 0 Å². The van der Waals surface area contributed by atoms with Gasteiger partial charge in [0.15, 0.2) is 5.11 Å². The predicted molar refractivity (Wildman–Crippen MR) is 111 cm³/mol. The Balaban J connectivity index is 1.60. The average Bonchev–Trinajstić information content (AvgIpc) is 2.57. The SMILES string of the molecule is Cc1ccc2cc(CCNC(=S)Nc3ccc(Br)cc3)c(=O)[nH]c2c1. The van der Waals surface area contributed by atoms with E-state index in [4.69, 9.17) is 12.2 Å². The summed E-state index contributed by atoms with van der Waals surface area (Å²) >= 11 is 8.69. The van der Waals surface area contributed by atoms with Crippen LogP contribution >= 0.6 is 28.1 Å². The summed E-state index contributed by atoms with van der Waals surface area (Å²) in [6.45, 7) is 2.60. The van der Waals surface area contributed by atoms with Crippen molar-refractivity contribution < 1.29 is 0 Å². The number of aromatic amines is 1. The molecule has 6 heteroatoms. The molecule has 3 N–H and O–H groups in total. The molecule has 0 bridgehead atoms. The van der Waals surface area contributed by atoms with Gasteiger partial charge in [0.2, 0.25) is 0 Å². The van der Waals surface area contributed by atoms with E-state index < -0.39 is 0 Å². The number of hydrogen-bond donors (Lipinski definition) is 3. The molecule has 3 rings (SSSR count). The lowest BCUT2D eigenvalue weighted by atomic mass is 10.1. The maximum atomic E-state index is 12.2. The van der Waals surface area contributed by atoms with E-state index in [9.17, 15) is 4.79 Å². The Morgan fingerprint density at radius 1 is 1.16 bits per heavy atom. The van der Waals surface area contributed by atoms with Crippen molar-refractivity contribution >= 4 is 49.9 Å². The van der Waals surface area contributed by atoms with E-state index in [-0.39, 0.29) is 5.56 Å². The van der Waals surface area contributed by atoms with Crippen LogP contribution in [0.25, 0.3) is 10.9 Å². The number of pyridine rings is 1. The zero-order valence-corrected chi connectivity index (χ0v) is 16.1. The number of halogens is 1. The van der Waals surface area contributed by atoms with Gasteiger partial charge in [0, 0.05) is 27.8 Å². The molecule has 0 aliphatic rings. The van der Waals surface area contributed by atoms with Gasteiger partial charge in [-0.1, -0.05) is 28.1 Å². The number of benzene rings is 2. The third kappa shape index (κ3) is 4.67. The lowest BCUT2D eigenvalue weighted by Crippen LogP contribution is -2.31. The predicted octanol–water partition coefficient (Wildman–Crippen LogP) is 4.13. The maximum Gasteiger partial charge on any atom is 0.251 e. The minimum absolute atomic E-state index is 0.0494. The van der Waals surface area contributed by atoms with Gasteiger partial charge in [-0.15, -0.1) is 0 Å². The fourth-order valence-electron chi connectivity index (χ4n) is 2.56. The van der Waals surface area contributed by atoms with Gasteiger partial charge < -0.3 is 15.6 Å². The van der Waals surface area contributed by atoms with Crippen LogP contribution in [0.2, 0.25) is 0 Å². The highest BCUT2D eigenvalue weighted by Crippen LogP contribution is 2.14. The Kier molecular flexibility index (Phi) is 5.50. The summed E-state index contributed by atoms with van der Waals surface area (Å²) in [4.78, 5) is 15.2. The van der Waals surface area contributed by atoms with Crippen molar-refractivity contribution in [3.8, 4) is 0 Å². The normalized spacial score (nSPS) is 10.6. The molecule has 0 saturated heterocycles. The van der Waals surface area contributed by atoms with E-state index in [1.165, 1.54) is 0 Å². The highest BCUT2D eigenvalue weighted by molar-refractivity contribution is 9.10. The standard InChI is InChI=1S/C19H18BrN3OS/c1-12-2-3-13-11-14(18(24)23-17(13)10-12)8-9-21-19(25)22-16-6-4-15(20)5-7-16/h2-7,10-11H,8-9H2,1H3,(H,23,24)(H2,21,22,25). The number of aryl methyl sites for hydroxylation is 1. The number of thiocarbonyl (C=S) groups is 1. The molecule has 0 spiro atoms. The first kappa shape index (κ1) is 17.6. The third-order valence-electron chi connectivity index (χ3n) is 3.86. The second-order valence-electron chi connectivity index (χ2n) is 5.85. The molecule has 2 aromatic carbocycles. The van der Waals surface area contributed by atoms with Gasteiger partial charge in [-0.3, -0.25) is 4.79 Å². The van der Waals surface area contributed by atoms with Crippen molar-refractivity contribution in [2.45, 2.75) is 13.3 Å². The number of nitrogens with one attached hydrogen (secondary N) is 3. The molecular weight excluding hydrogens is 398 g/mol. The molecule has 0 fully saturated rings. The second kappa shape index (κ2) is 7.80. The van der Waals surface area contributed by atoms with E-state index in [0.717, 1.165) is 32.2 Å². The second-order valence-corrected chi connectivity index (χ2v) is 7.18. The van der Waals surface area contributed by atoms with E-state index in [2.05, 4.69) is 31.5 Å². The van der Waals surface area contributed by atoms with Gasteiger partial charge in [-0.25, -0.2) is 0 Å². The number of H-pyrrole nitrogens is 1. The maximum absolute atomic E-state index is 12.2. The molecule has 25 heavy (non-hydrogen) atoms. The van der Waals surface area contributed by atoms with Crippen LogP contribution in [0.15, 0.2) is 57.8 Å². The minimum atomic E-state index is -0.0494. The fourth-order valence-corrected chi connectivity index (χ4v) is 3.05. The van der Waals surface area contributed by atoms with Crippen LogP contribution in [0, 0.1) is 6.92 Å². The van der Waals surface area contributed by atoms with Crippen LogP contribution < -0.4 is 16.2 Å². The van der Waals surface area contributed by atoms with Gasteiger partial charge in [-0.05, 0) is 72.9 Å². The summed E-state index contributed by atoms with van der Waals surface area (Å²) in [5.74, 6) is 0. The highest BCUT2D eigenvalue weighted by atomic mass is 79.9. The Morgan fingerprint density at radius 3 is 2.68 bits per heavy atom. The van der Waals surface area contributed by atoms with Crippen molar-refractivity contribution in [1.82, 2.24) is 10.3 Å². The molecule has 4 nitrogen and oxygen atoms in total. The molecule has 1 heterocycles. The van der Waals surface area contributed by atoms with Crippen LogP contribution in [0.3, 0.4) is 0 Å². The van der Waals surface area contributed by atoms with Crippen LogP contribution in [0.1, 0.15) is 11.1 Å². The van der Waals surface area contributed by atoms with Crippen molar-refractivity contribution in [2.24, 2.45) is 0 Å². The third-order valence-corrected chi connectivity index (χ3v) is 4.64. The number of aromatic nitrogens is 1. The summed E-state index contributed by atoms with van der Waals surface area (Å²) in [5.41, 5.74) is 3.61. The van der Waals surface area contributed by atoms with Gasteiger partial charge in [0.1, 0.15) is 0 Å². The number of fused-ring (bicyclic) bond motifs is 1. The lowest BCUT2D eigenvalue weighted by molar-refractivity contribution is 0.863. The average molecular weight is 416 g/mol. The van der Waals surface area contributed by atoms with E-state index >= 15 is 0 Å². The van der Waals surface area contributed by atoms with Crippen molar-refractivity contribution in [3.05, 3.63) is 74.5 Å². The van der Waals surface area contributed by atoms with Crippen LogP contribution in [-0.2, 0) is 6.42 Å². The van der Waals surface area contributed by atoms with E-state index in [1.54, 1.807) is 0 Å². The highest BCUT2D eigenvalue weighted by Gasteiger charge is 2.04. The number of anilines is 1. The molecule has 0 aliphatic carbocycles. The van der Waals surface area contributed by atoms with Crippen molar-refractivity contribution in [3.63, 3.8) is 0 Å². The molecule has 0 amide bonds. The zero-order valence-electron chi connectivity index (χ0n) is 13.7. The van der Waals surface area contributed by atoms with Crippen molar-refractivity contribution in [2.75, 3.05) is 11.9 Å². The Morgan fingerprint density at radius 2 is 1.92 bits per heavy atom. The first-order valence-electron chi connectivity index (χ1n) is 7.94. The van der Waals surface area contributed by atoms with Gasteiger partial charge in [-0.2, -0.15) is 0 Å². The topological polar surface area (TPSA) is 56.9 Å². The van der Waals surface area contributed by atoms with E-state index in [1.807, 2.05) is 55.5 Å². The molecule has 0 saturated carbocycles. The van der Waals surface area contributed by atoms with Gasteiger partial charge in [0.25, 0.3) is 5.56 Å². The first-order valence-corrected chi connectivity index (χ1v) is 9.14. The summed E-state index contributed by atoms with van der Waals surface area (Å²) in [6, 6.07) is 15.8. The molecule has 1 aromatic heterocycles. The Labute approximate surface area is 159 Å². The van der Waals surface area contributed by atoms with Crippen LogP contribution in [0.5, 0.6) is 0 Å². The summed E-state index contributed by atoms with van der Waals surface area (Å²) in [5, 5.41) is 7.83. The summed E-state index contributed by atoms with van der Waals surface area (Å²) in [6.07, 6.45) is 0.599. The molecular formula is C19H18BrN3OS. The summed E-state index contributed by atoms with van der Waals surface area (Å²) < 4.78 is 1.02. The van der Waals surface area contributed by atoms with Crippen LogP contribution in [-0.4, -0.2) is 16.6 Å². The molecule has 0 radical (unpaired) electrons. The number of hydrogen-bond acceptors (Lipinski definition) is 2. The minimum Gasteiger partial charge on any atom is -0.362 e.